The minimum atomic E-state index is 0.213. The SMILES string of the molecule is Clc1ccccc1Cc1cc(Cl)c(Cl)nn1. The number of benzene rings is 1. The third-order valence-corrected chi connectivity index (χ3v) is 3.12. The zero-order chi connectivity index (χ0) is 11.5. The molecular weight excluding hydrogens is 266 g/mol. The van der Waals surface area contributed by atoms with Gasteiger partial charge in [0.25, 0.3) is 0 Å². The first-order valence-electron chi connectivity index (χ1n) is 4.58. The van der Waals surface area contributed by atoms with Gasteiger partial charge < -0.3 is 0 Å². The maximum atomic E-state index is 6.04. The van der Waals surface area contributed by atoms with Crippen molar-refractivity contribution < 1.29 is 0 Å². The maximum absolute atomic E-state index is 6.04. The van der Waals surface area contributed by atoms with E-state index in [1.807, 2.05) is 24.3 Å². The molecule has 2 rings (SSSR count). The van der Waals surface area contributed by atoms with E-state index < -0.39 is 0 Å². The molecule has 0 atom stereocenters. The monoisotopic (exact) mass is 272 g/mol. The van der Waals surface area contributed by atoms with Crippen LogP contribution in [0.5, 0.6) is 0 Å². The molecule has 0 spiro atoms. The van der Waals surface area contributed by atoms with E-state index in [-0.39, 0.29) is 5.15 Å². The van der Waals surface area contributed by atoms with Gasteiger partial charge in [-0.1, -0.05) is 53.0 Å². The molecule has 0 aliphatic heterocycles. The van der Waals surface area contributed by atoms with E-state index in [9.17, 15) is 0 Å². The van der Waals surface area contributed by atoms with Crippen molar-refractivity contribution in [3.63, 3.8) is 0 Å². The molecule has 16 heavy (non-hydrogen) atoms. The Bertz CT molecular complexity index is 514. The van der Waals surface area contributed by atoms with Gasteiger partial charge in [-0.2, -0.15) is 5.10 Å². The standard InChI is InChI=1S/C11H7Cl3N2/c12-9-4-2-1-3-7(9)5-8-6-10(13)11(14)16-15-8/h1-4,6H,5H2. The van der Waals surface area contributed by atoms with Gasteiger partial charge in [-0.25, -0.2) is 0 Å². The van der Waals surface area contributed by atoms with Crippen LogP contribution >= 0.6 is 34.8 Å². The van der Waals surface area contributed by atoms with Gasteiger partial charge in [0.1, 0.15) is 0 Å². The van der Waals surface area contributed by atoms with Crippen LogP contribution in [0.4, 0.5) is 0 Å². The summed E-state index contributed by atoms with van der Waals surface area (Å²) in [6, 6.07) is 9.27. The lowest BCUT2D eigenvalue weighted by molar-refractivity contribution is 0.937. The first-order chi connectivity index (χ1) is 7.66. The molecule has 1 aromatic carbocycles. The van der Waals surface area contributed by atoms with E-state index in [0.717, 1.165) is 11.3 Å². The number of halogens is 3. The Labute approximate surface area is 108 Å². The molecule has 0 aliphatic carbocycles. The van der Waals surface area contributed by atoms with Crippen LogP contribution in [0.15, 0.2) is 30.3 Å². The Hall–Kier alpha value is -0.830. The summed E-state index contributed by atoms with van der Waals surface area (Å²) >= 11 is 17.6. The summed E-state index contributed by atoms with van der Waals surface area (Å²) in [7, 11) is 0. The van der Waals surface area contributed by atoms with Gasteiger partial charge in [-0.3, -0.25) is 0 Å². The molecule has 2 nitrogen and oxygen atoms in total. The molecule has 0 N–H and O–H groups in total. The minimum Gasteiger partial charge on any atom is -0.154 e. The van der Waals surface area contributed by atoms with Crippen molar-refractivity contribution in [1.82, 2.24) is 10.2 Å². The van der Waals surface area contributed by atoms with Crippen LogP contribution in [-0.4, -0.2) is 10.2 Å². The highest BCUT2D eigenvalue weighted by Gasteiger charge is 2.05. The average molecular weight is 274 g/mol. The summed E-state index contributed by atoms with van der Waals surface area (Å²) in [5.74, 6) is 0. The smallest absolute Gasteiger partial charge is 0.154 e. The van der Waals surface area contributed by atoms with Crippen LogP contribution in [0.25, 0.3) is 0 Å². The fourth-order valence-electron chi connectivity index (χ4n) is 1.31. The first kappa shape index (κ1) is 11.6. The summed E-state index contributed by atoms with van der Waals surface area (Å²) in [4.78, 5) is 0. The number of nitrogens with zero attached hydrogens (tertiary/aromatic N) is 2. The average Bonchev–Trinajstić information content (AvgIpc) is 2.27. The van der Waals surface area contributed by atoms with Gasteiger partial charge in [-0.15, -0.1) is 5.10 Å². The van der Waals surface area contributed by atoms with E-state index >= 15 is 0 Å². The summed E-state index contributed by atoms with van der Waals surface area (Å²) in [5, 5.41) is 9.01. The highest BCUT2D eigenvalue weighted by atomic mass is 35.5. The predicted octanol–water partition coefficient (Wildman–Crippen LogP) is 4.03. The number of hydrogen-bond acceptors (Lipinski definition) is 2. The summed E-state index contributed by atoms with van der Waals surface area (Å²) in [6.07, 6.45) is 0.587. The van der Waals surface area contributed by atoms with E-state index in [4.69, 9.17) is 34.8 Å². The Kier molecular flexibility index (Phi) is 3.64. The molecule has 0 fully saturated rings. The second-order valence-corrected chi connectivity index (χ2v) is 4.42. The lowest BCUT2D eigenvalue weighted by Crippen LogP contribution is -1.95. The molecule has 0 bridgehead atoms. The molecule has 0 amide bonds. The highest BCUT2D eigenvalue weighted by molar-refractivity contribution is 6.41. The quantitative estimate of drug-likeness (QED) is 0.825. The second kappa shape index (κ2) is 5.00. The first-order valence-corrected chi connectivity index (χ1v) is 5.71. The number of rotatable bonds is 2. The van der Waals surface area contributed by atoms with Gasteiger partial charge in [0, 0.05) is 11.4 Å². The molecule has 0 unspecified atom stereocenters. The van der Waals surface area contributed by atoms with Crippen LogP contribution in [0, 0.1) is 0 Å². The van der Waals surface area contributed by atoms with E-state index in [0.29, 0.717) is 16.5 Å². The van der Waals surface area contributed by atoms with Crippen molar-refractivity contribution in [2.75, 3.05) is 0 Å². The largest absolute Gasteiger partial charge is 0.170 e. The second-order valence-electron chi connectivity index (χ2n) is 3.24. The molecule has 1 heterocycles. The van der Waals surface area contributed by atoms with Gasteiger partial charge in [-0.05, 0) is 17.7 Å². The molecule has 0 saturated heterocycles. The summed E-state index contributed by atoms with van der Waals surface area (Å²) < 4.78 is 0. The minimum absolute atomic E-state index is 0.213. The topological polar surface area (TPSA) is 25.8 Å². The van der Waals surface area contributed by atoms with Gasteiger partial charge >= 0.3 is 0 Å². The van der Waals surface area contributed by atoms with Crippen LogP contribution in [0.3, 0.4) is 0 Å². The van der Waals surface area contributed by atoms with Crippen molar-refractivity contribution in [3.8, 4) is 0 Å². The molecule has 0 radical (unpaired) electrons. The summed E-state index contributed by atoms with van der Waals surface area (Å²) in [5.41, 5.74) is 1.72. The van der Waals surface area contributed by atoms with Crippen molar-refractivity contribution in [2.24, 2.45) is 0 Å². The molecule has 0 saturated carbocycles. The lowest BCUT2D eigenvalue weighted by Gasteiger charge is -2.03. The van der Waals surface area contributed by atoms with E-state index in [1.165, 1.54) is 0 Å². The molecule has 0 aliphatic rings. The zero-order valence-corrected chi connectivity index (χ0v) is 10.4. The lowest BCUT2D eigenvalue weighted by atomic mass is 10.1. The molecule has 82 valence electrons. The molecule has 5 heteroatoms. The molecule has 1 aromatic heterocycles. The maximum Gasteiger partial charge on any atom is 0.170 e. The van der Waals surface area contributed by atoms with Crippen molar-refractivity contribution in [1.29, 1.82) is 0 Å². The fourth-order valence-corrected chi connectivity index (χ4v) is 1.77. The predicted molar refractivity (Wildman–Crippen MR) is 66.3 cm³/mol. The Morgan fingerprint density at radius 1 is 0.938 bits per heavy atom. The van der Waals surface area contributed by atoms with E-state index in [2.05, 4.69) is 10.2 Å². The Morgan fingerprint density at radius 3 is 2.38 bits per heavy atom. The van der Waals surface area contributed by atoms with Crippen LogP contribution in [0.2, 0.25) is 15.2 Å². The number of aromatic nitrogens is 2. The van der Waals surface area contributed by atoms with Gasteiger partial charge in [0.15, 0.2) is 5.15 Å². The van der Waals surface area contributed by atoms with Crippen LogP contribution in [0.1, 0.15) is 11.3 Å². The Morgan fingerprint density at radius 2 is 1.69 bits per heavy atom. The van der Waals surface area contributed by atoms with Gasteiger partial charge in [0.2, 0.25) is 0 Å². The third kappa shape index (κ3) is 2.64. The normalized spacial score (nSPS) is 10.4. The molecule has 2 aromatic rings. The van der Waals surface area contributed by atoms with Crippen molar-refractivity contribution >= 4 is 34.8 Å². The summed E-state index contributed by atoms with van der Waals surface area (Å²) in [6.45, 7) is 0. The van der Waals surface area contributed by atoms with Gasteiger partial charge in [0.05, 0.1) is 10.7 Å². The zero-order valence-electron chi connectivity index (χ0n) is 8.12. The highest BCUT2D eigenvalue weighted by Crippen LogP contribution is 2.22. The fraction of sp³-hybridized carbons (Fsp3) is 0.0909. The third-order valence-electron chi connectivity index (χ3n) is 2.09. The number of hydrogen-bond donors (Lipinski definition) is 0. The van der Waals surface area contributed by atoms with Crippen LogP contribution < -0.4 is 0 Å². The van der Waals surface area contributed by atoms with E-state index in [1.54, 1.807) is 6.07 Å². The van der Waals surface area contributed by atoms with Crippen molar-refractivity contribution in [2.45, 2.75) is 6.42 Å². The van der Waals surface area contributed by atoms with Crippen LogP contribution in [-0.2, 0) is 6.42 Å². The van der Waals surface area contributed by atoms with Crippen molar-refractivity contribution in [3.05, 3.63) is 56.8 Å². The molecular formula is C11H7Cl3N2. The Balaban J connectivity index is 2.28.